The van der Waals surface area contributed by atoms with Crippen LogP contribution in [0.4, 0.5) is 5.69 Å². The first-order chi connectivity index (χ1) is 13.0. The van der Waals surface area contributed by atoms with Crippen molar-refractivity contribution >= 4 is 34.8 Å². The maximum atomic E-state index is 12.6. The Labute approximate surface area is 162 Å². The largest absolute Gasteiger partial charge is 0.493 e. The lowest BCUT2D eigenvalue weighted by atomic mass is 10.2. The average Bonchev–Trinajstić information content (AvgIpc) is 3.19. The van der Waals surface area contributed by atoms with E-state index >= 15 is 0 Å². The van der Waals surface area contributed by atoms with Gasteiger partial charge < -0.3 is 19.6 Å². The highest BCUT2D eigenvalue weighted by molar-refractivity contribution is 6.32. The number of hydrogen-bond acceptors (Lipinski definition) is 5. The second-order valence-corrected chi connectivity index (χ2v) is 6.60. The van der Waals surface area contributed by atoms with Crippen molar-refractivity contribution in [2.24, 2.45) is 0 Å². The number of anilines is 1. The summed E-state index contributed by atoms with van der Waals surface area (Å²) in [5.74, 6) is -0.667. The van der Waals surface area contributed by atoms with E-state index in [1.54, 1.807) is 6.07 Å². The van der Waals surface area contributed by atoms with Gasteiger partial charge in [0.25, 0.3) is 5.91 Å². The first-order valence-electron chi connectivity index (χ1n) is 7.93. The van der Waals surface area contributed by atoms with Crippen LogP contribution in [-0.2, 0) is 17.9 Å². The lowest BCUT2D eigenvalue weighted by molar-refractivity contribution is 0.0819. The Morgan fingerprint density at radius 2 is 2.04 bits per heavy atom. The maximum Gasteiger partial charge on any atom is 0.336 e. The summed E-state index contributed by atoms with van der Waals surface area (Å²) in [5.41, 5.74) is 0.672. The van der Waals surface area contributed by atoms with Gasteiger partial charge in [-0.05, 0) is 41.9 Å². The van der Waals surface area contributed by atoms with Gasteiger partial charge in [-0.2, -0.15) is 0 Å². The molecule has 0 bridgehead atoms. The fourth-order valence-corrected chi connectivity index (χ4v) is 3.30. The smallest absolute Gasteiger partial charge is 0.336 e. The van der Waals surface area contributed by atoms with Gasteiger partial charge in [0.1, 0.15) is 5.69 Å². The van der Waals surface area contributed by atoms with Crippen molar-refractivity contribution in [3.8, 4) is 11.6 Å². The van der Waals surface area contributed by atoms with E-state index in [9.17, 15) is 14.7 Å². The molecule has 0 aliphatic carbocycles. The highest BCUT2D eigenvalue weighted by Gasteiger charge is 2.24. The standard InChI is InChI=1S/C17H13Cl2N3O5/c18-10-7-9(20-15(23)13-3-4-14(19)27-13)1-2-11(10)22-16(24)12-8-26-6-5-21(12)17(22)25/h1-4,7,24H,5-6,8H2,(H,20,23). The lowest BCUT2D eigenvalue weighted by Crippen LogP contribution is -2.28. The molecule has 1 aromatic carbocycles. The third kappa shape index (κ3) is 3.12. The SMILES string of the molecule is O=C(Nc1ccc(-n2c(O)c3n(c2=O)CCOC3)c(Cl)c1)c1ccc(Cl)o1. The molecule has 4 rings (SSSR count). The third-order valence-electron chi connectivity index (χ3n) is 4.16. The van der Waals surface area contributed by atoms with Crippen molar-refractivity contribution in [3.05, 3.63) is 62.5 Å². The van der Waals surface area contributed by atoms with Gasteiger partial charge in [0, 0.05) is 5.69 Å². The average molecular weight is 410 g/mol. The van der Waals surface area contributed by atoms with Crippen LogP contribution in [0.1, 0.15) is 16.2 Å². The van der Waals surface area contributed by atoms with E-state index < -0.39 is 11.6 Å². The molecule has 1 amide bonds. The Hall–Kier alpha value is -2.68. The number of fused-ring (bicyclic) bond motifs is 1. The molecule has 2 N–H and O–H groups in total. The number of nitrogens with one attached hydrogen (secondary N) is 1. The van der Waals surface area contributed by atoms with Crippen LogP contribution in [0.3, 0.4) is 0 Å². The van der Waals surface area contributed by atoms with Crippen LogP contribution in [0.15, 0.2) is 39.5 Å². The van der Waals surface area contributed by atoms with Gasteiger partial charge in [-0.1, -0.05) is 11.6 Å². The summed E-state index contributed by atoms with van der Waals surface area (Å²) in [6, 6.07) is 7.46. The van der Waals surface area contributed by atoms with Crippen molar-refractivity contribution in [3.63, 3.8) is 0 Å². The zero-order chi connectivity index (χ0) is 19.1. The molecule has 0 unspecified atom stereocenters. The number of ether oxygens (including phenoxy) is 1. The summed E-state index contributed by atoms with van der Waals surface area (Å²) < 4.78 is 12.9. The minimum Gasteiger partial charge on any atom is -0.493 e. The Morgan fingerprint density at radius 1 is 1.22 bits per heavy atom. The highest BCUT2D eigenvalue weighted by atomic mass is 35.5. The number of carbonyl (C=O) groups excluding carboxylic acids is 1. The highest BCUT2D eigenvalue weighted by Crippen LogP contribution is 2.29. The fraction of sp³-hybridized carbons (Fsp3) is 0.176. The van der Waals surface area contributed by atoms with Crippen LogP contribution in [0, 0.1) is 0 Å². The van der Waals surface area contributed by atoms with E-state index in [4.69, 9.17) is 32.4 Å². The second-order valence-electron chi connectivity index (χ2n) is 5.82. The fourth-order valence-electron chi connectivity index (χ4n) is 2.89. The molecule has 10 heteroatoms. The molecular weight excluding hydrogens is 397 g/mol. The molecule has 0 spiro atoms. The zero-order valence-electron chi connectivity index (χ0n) is 13.7. The van der Waals surface area contributed by atoms with Gasteiger partial charge in [-0.3, -0.25) is 9.36 Å². The Morgan fingerprint density at radius 3 is 2.70 bits per heavy atom. The van der Waals surface area contributed by atoms with Crippen LogP contribution in [-0.4, -0.2) is 26.8 Å². The third-order valence-corrected chi connectivity index (χ3v) is 4.67. The van der Waals surface area contributed by atoms with Gasteiger partial charge >= 0.3 is 5.69 Å². The van der Waals surface area contributed by atoms with Crippen molar-refractivity contribution in [1.82, 2.24) is 9.13 Å². The summed E-state index contributed by atoms with van der Waals surface area (Å²) in [6.45, 7) is 0.892. The number of benzene rings is 1. The number of hydrogen-bond donors (Lipinski definition) is 2. The van der Waals surface area contributed by atoms with Gasteiger partial charge in [0.05, 0.1) is 30.5 Å². The van der Waals surface area contributed by atoms with Gasteiger partial charge in [-0.25, -0.2) is 9.36 Å². The predicted octanol–water partition coefficient (Wildman–Crippen LogP) is 3.03. The van der Waals surface area contributed by atoms with Crippen LogP contribution < -0.4 is 11.0 Å². The number of halogens is 2. The van der Waals surface area contributed by atoms with E-state index in [0.717, 1.165) is 4.57 Å². The van der Waals surface area contributed by atoms with E-state index in [1.165, 1.54) is 28.8 Å². The zero-order valence-corrected chi connectivity index (χ0v) is 15.3. The predicted molar refractivity (Wildman–Crippen MR) is 98.0 cm³/mol. The number of carbonyl (C=O) groups is 1. The molecule has 0 saturated heterocycles. The molecule has 27 heavy (non-hydrogen) atoms. The number of amides is 1. The maximum absolute atomic E-state index is 12.6. The van der Waals surface area contributed by atoms with Crippen LogP contribution in [0.25, 0.3) is 5.69 Å². The molecule has 0 atom stereocenters. The molecule has 1 aliphatic rings. The Balaban J connectivity index is 1.66. The Kier molecular flexibility index (Phi) is 4.47. The van der Waals surface area contributed by atoms with Crippen LogP contribution >= 0.6 is 23.2 Å². The number of nitrogens with zero attached hydrogens (tertiary/aromatic N) is 2. The molecule has 2 aromatic heterocycles. The molecule has 0 saturated carbocycles. The van der Waals surface area contributed by atoms with Crippen LogP contribution in [0.2, 0.25) is 10.2 Å². The molecule has 140 valence electrons. The summed E-state index contributed by atoms with van der Waals surface area (Å²) in [6.07, 6.45) is 0. The van der Waals surface area contributed by atoms with Crippen LogP contribution in [0.5, 0.6) is 5.88 Å². The van der Waals surface area contributed by atoms with Gasteiger partial charge in [0.15, 0.2) is 11.0 Å². The van der Waals surface area contributed by atoms with Gasteiger partial charge in [0.2, 0.25) is 5.88 Å². The topological polar surface area (TPSA) is 98.6 Å². The number of furan rings is 1. The summed E-state index contributed by atoms with van der Waals surface area (Å²) in [4.78, 5) is 24.7. The van der Waals surface area contributed by atoms with E-state index in [-0.39, 0.29) is 28.5 Å². The monoisotopic (exact) mass is 409 g/mol. The summed E-state index contributed by atoms with van der Waals surface area (Å²) >= 11 is 12.0. The van der Waals surface area contributed by atoms with Crippen molar-refractivity contribution in [2.45, 2.75) is 13.2 Å². The quantitative estimate of drug-likeness (QED) is 0.692. The molecule has 3 heterocycles. The minimum absolute atomic E-state index is 0.0502. The normalized spacial score (nSPS) is 13.4. The first kappa shape index (κ1) is 17.7. The van der Waals surface area contributed by atoms with Crippen molar-refractivity contribution in [1.29, 1.82) is 0 Å². The molecule has 1 aliphatic heterocycles. The van der Waals surface area contributed by atoms with Crippen molar-refractivity contribution in [2.75, 3.05) is 11.9 Å². The van der Waals surface area contributed by atoms with E-state index in [1.807, 2.05) is 0 Å². The van der Waals surface area contributed by atoms with Gasteiger partial charge in [-0.15, -0.1) is 0 Å². The number of aromatic nitrogens is 2. The number of imidazole rings is 1. The minimum atomic E-state index is -0.498. The number of aromatic hydroxyl groups is 1. The second kappa shape index (κ2) is 6.80. The molecule has 8 nitrogen and oxygen atoms in total. The number of rotatable bonds is 3. The molecule has 3 aromatic rings. The molecule has 0 radical (unpaired) electrons. The Bertz CT molecular complexity index is 1100. The first-order valence-corrected chi connectivity index (χ1v) is 8.69. The lowest BCUT2D eigenvalue weighted by Gasteiger charge is -2.13. The van der Waals surface area contributed by atoms with Crippen molar-refractivity contribution < 1.29 is 19.1 Å². The van der Waals surface area contributed by atoms with E-state index in [2.05, 4.69) is 5.32 Å². The van der Waals surface area contributed by atoms with E-state index in [0.29, 0.717) is 30.2 Å². The molecule has 0 fully saturated rings. The summed E-state index contributed by atoms with van der Waals surface area (Å²) in [7, 11) is 0. The molecular formula is C17H13Cl2N3O5. The summed E-state index contributed by atoms with van der Waals surface area (Å²) in [5, 5.41) is 13.3.